The number of hydrogen-bond donors (Lipinski definition) is 2. The lowest BCUT2D eigenvalue weighted by Crippen LogP contribution is -2.32. The van der Waals surface area contributed by atoms with Gasteiger partial charge in [0.15, 0.2) is 0 Å². The van der Waals surface area contributed by atoms with Gasteiger partial charge in [-0.1, -0.05) is 24.3 Å². The van der Waals surface area contributed by atoms with Crippen molar-refractivity contribution in [2.24, 2.45) is 0 Å². The molecule has 0 fully saturated rings. The number of sulfonamides is 1. The van der Waals surface area contributed by atoms with Crippen molar-refractivity contribution >= 4 is 33.2 Å². The van der Waals surface area contributed by atoms with Crippen LogP contribution in [0.2, 0.25) is 0 Å². The molecule has 0 aliphatic heterocycles. The average molecular weight is 452 g/mol. The Kier molecular flexibility index (Phi) is 8.95. The average Bonchev–Trinajstić information content (AvgIpc) is 2.71. The second-order valence-corrected chi connectivity index (χ2v) is 8.64. The van der Waals surface area contributed by atoms with Gasteiger partial charge in [0.2, 0.25) is 15.9 Å². The molecule has 0 saturated heterocycles. The number of carbonyl (C=O) groups excluding carboxylic acids is 2. The fourth-order valence-corrected chi connectivity index (χ4v) is 3.83. The highest BCUT2D eigenvalue weighted by Crippen LogP contribution is 2.22. The topological polar surface area (TPSA) is 105 Å². The third-order valence-corrected chi connectivity index (χ3v) is 5.50. The van der Waals surface area contributed by atoms with E-state index in [1.54, 1.807) is 24.3 Å². The minimum Gasteiger partial charge on any atom is -0.383 e. The predicted octanol–water partition coefficient (Wildman–Crippen LogP) is 2.39. The first kappa shape index (κ1) is 24.3. The molecule has 31 heavy (non-hydrogen) atoms. The number of nitrogens with zero attached hydrogens (tertiary/aromatic N) is 1. The summed E-state index contributed by atoms with van der Waals surface area (Å²) in [6, 6.07) is 12.1. The van der Waals surface area contributed by atoms with E-state index in [4.69, 9.17) is 4.74 Å². The number of amides is 2. The summed E-state index contributed by atoms with van der Waals surface area (Å²) in [5.41, 5.74) is 0.580. The first-order valence-electron chi connectivity index (χ1n) is 9.62. The van der Waals surface area contributed by atoms with Crippen LogP contribution < -0.4 is 14.9 Å². The van der Waals surface area contributed by atoms with E-state index in [1.807, 2.05) is 0 Å². The van der Waals surface area contributed by atoms with Gasteiger partial charge in [0.1, 0.15) is 5.82 Å². The van der Waals surface area contributed by atoms with Crippen molar-refractivity contribution in [1.29, 1.82) is 0 Å². The summed E-state index contributed by atoms with van der Waals surface area (Å²) in [7, 11) is -2.20. The third kappa shape index (κ3) is 7.34. The molecule has 0 unspecified atom stereocenters. The first-order chi connectivity index (χ1) is 14.7. The van der Waals surface area contributed by atoms with Gasteiger partial charge in [0.05, 0.1) is 29.8 Å². The van der Waals surface area contributed by atoms with Crippen LogP contribution >= 0.6 is 0 Å². The van der Waals surface area contributed by atoms with E-state index in [0.717, 1.165) is 10.6 Å². The van der Waals surface area contributed by atoms with Crippen LogP contribution in [0.15, 0.2) is 48.5 Å². The largest absolute Gasteiger partial charge is 0.383 e. The molecule has 0 atom stereocenters. The fraction of sp³-hybridized carbons (Fsp3) is 0.333. The van der Waals surface area contributed by atoms with Gasteiger partial charge in [0.25, 0.3) is 5.91 Å². The van der Waals surface area contributed by atoms with Gasteiger partial charge in [-0.15, -0.1) is 0 Å². The quantitative estimate of drug-likeness (QED) is 0.511. The Labute approximate surface area is 181 Å². The molecule has 0 aromatic heterocycles. The van der Waals surface area contributed by atoms with Crippen molar-refractivity contribution in [3.8, 4) is 0 Å². The molecule has 2 rings (SSSR count). The second-order valence-electron chi connectivity index (χ2n) is 6.73. The Hall–Kier alpha value is -2.98. The van der Waals surface area contributed by atoms with Crippen molar-refractivity contribution in [2.75, 3.05) is 42.7 Å². The van der Waals surface area contributed by atoms with Gasteiger partial charge in [-0.25, -0.2) is 12.8 Å². The monoisotopic (exact) mass is 451 g/mol. The van der Waals surface area contributed by atoms with Gasteiger partial charge in [-0.05, 0) is 30.7 Å². The van der Waals surface area contributed by atoms with Crippen LogP contribution in [0.1, 0.15) is 23.2 Å². The lowest BCUT2D eigenvalue weighted by molar-refractivity contribution is -0.116. The number of halogens is 1. The van der Waals surface area contributed by atoms with Crippen molar-refractivity contribution < 1.29 is 27.1 Å². The number of methoxy groups -OCH3 is 1. The molecular weight excluding hydrogens is 425 g/mol. The summed E-state index contributed by atoms with van der Waals surface area (Å²) in [4.78, 5) is 24.7. The number of ether oxygens (including phenoxy) is 1. The maximum atomic E-state index is 14.0. The molecule has 2 aromatic rings. The van der Waals surface area contributed by atoms with Gasteiger partial charge in [0, 0.05) is 26.6 Å². The lowest BCUT2D eigenvalue weighted by atomic mass is 10.1. The zero-order valence-electron chi connectivity index (χ0n) is 17.4. The van der Waals surface area contributed by atoms with Gasteiger partial charge >= 0.3 is 0 Å². The van der Waals surface area contributed by atoms with E-state index in [-0.39, 0.29) is 36.9 Å². The van der Waals surface area contributed by atoms with Crippen molar-refractivity contribution in [2.45, 2.75) is 12.8 Å². The highest BCUT2D eigenvalue weighted by Gasteiger charge is 2.21. The van der Waals surface area contributed by atoms with Crippen LogP contribution in [-0.2, 0) is 19.6 Å². The standard InChI is InChI=1S/C21H26FN3O5S/c1-30-15-13-23-21(27)16-8-3-5-10-18(16)24-20(26)12-7-14-25(31(2,28)29)19-11-6-4-9-17(19)22/h3-6,8-11H,7,12-15H2,1-2H3,(H,23,27)(H,24,26). The Bertz CT molecular complexity index is 1010. The minimum absolute atomic E-state index is 0.0138. The first-order valence-corrected chi connectivity index (χ1v) is 11.5. The zero-order valence-corrected chi connectivity index (χ0v) is 18.2. The molecule has 2 aromatic carbocycles. The lowest BCUT2D eigenvalue weighted by Gasteiger charge is -2.22. The summed E-state index contributed by atoms with van der Waals surface area (Å²) in [6.45, 7) is 0.625. The Morgan fingerprint density at radius 1 is 1.10 bits per heavy atom. The van der Waals surface area contributed by atoms with E-state index < -0.39 is 15.8 Å². The highest BCUT2D eigenvalue weighted by molar-refractivity contribution is 7.92. The summed E-state index contributed by atoms with van der Waals surface area (Å²) in [5.74, 6) is -1.40. The number of carbonyl (C=O) groups is 2. The number of para-hydroxylation sites is 2. The van der Waals surface area contributed by atoms with E-state index in [2.05, 4.69) is 10.6 Å². The number of rotatable bonds is 11. The molecular formula is C21H26FN3O5S. The zero-order chi connectivity index (χ0) is 22.9. The third-order valence-electron chi connectivity index (χ3n) is 4.32. The molecule has 0 radical (unpaired) electrons. The van der Waals surface area contributed by atoms with Gasteiger partial charge < -0.3 is 15.4 Å². The minimum atomic E-state index is -3.73. The van der Waals surface area contributed by atoms with Crippen LogP contribution in [0.3, 0.4) is 0 Å². The molecule has 0 aliphatic rings. The molecule has 10 heteroatoms. The smallest absolute Gasteiger partial charge is 0.253 e. The van der Waals surface area contributed by atoms with Gasteiger partial charge in [-0.2, -0.15) is 0 Å². The number of nitrogens with one attached hydrogen (secondary N) is 2. The summed E-state index contributed by atoms with van der Waals surface area (Å²) < 4.78 is 44.0. The Balaban J connectivity index is 1.99. The molecule has 2 amide bonds. The Morgan fingerprint density at radius 2 is 1.77 bits per heavy atom. The van der Waals surface area contributed by atoms with E-state index in [1.165, 1.54) is 31.4 Å². The normalized spacial score (nSPS) is 11.1. The SMILES string of the molecule is COCCNC(=O)c1ccccc1NC(=O)CCCN(c1ccccc1F)S(C)(=O)=O. The van der Waals surface area contributed by atoms with Crippen LogP contribution in [0.5, 0.6) is 0 Å². The maximum Gasteiger partial charge on any atom is 0.253 e. The molecule has 2 N–H and O–H groups in total. The second kappa shape index (κ2) is 11.4. The molecule has 0 saturated carbocycles. The van der Waals surface area contributed by atoms with E-state index in [9.17, 15) is 22.4 Å². The molecule has 0 bridgehead atoms. The number of anilines is 2. The van der Waals surface area contributed by atoms with Crippen molar-refractivity contribution in [3.05, 3.63) is 59.9 Å². The van der Waals surface area contributed by atoms with Crippen LogP contribution in [0.4, 0.5) is 15.8 Å². The van der Waals surface area contributed by atoms with E-state index in [0.29, 0.717) is 24.4 Å². The highest BCUT2D eigenvalue weighted by atomic mass is 32.2. The van der Waals surface area contributed by atoms with Crippen LogP contribution in [0, 0.1) is 5.82 Å². The predicted molar refractivity (Wildman–Crippen MR) is 117 cm³/mol. The number of hydrogen-bond acceptors (Lipinski definition) is 5. The summed E-state index contributed by atoms with van der Waals surface area (Å²) in [5, 5.41) is 5.36. The van der Waals surface area contributed by atoms with E-state index >= 15 is 0 Å². The van der Waals surface area contributed by atoms with Crippen LogP contribution in [0.25, 0.3) is 0 Å². The Morgan fingerprint density at radius 3 is 2.45 bits per heavy atom. The van der Waals surface area contributed by atoms with Crippen molar-refractivity contribution in [1.82, 2.24) is 5.32 Å². The molecule has 8 nitrogen and oxygen atoms in total. The summed E-state index contributed by atoms with van der Waals surface area (Å²) in [6.07, 6.45) is 1.13. The van der Waals surface area contributed by atoms with Crippen LogP contribution in [-0.4, -0.2) is 53.3 Å². The molecule has 0 heterocycles. The maximum absolute atomic E-state index is 14.0. The summed E-state index contributed by atoms with van der Waals surface area (Å²) >= 11 is 0. The van der Waals surface area contributed by atoms with Crippen molar-refractivity contribution in [3.63, 3.8) is 0 Å². The molecule has 168 valence electrons. The van der Waals surface area contributed by atoms with Gasteiger partial charge in [-0.3, -0.25) is 13.9 Å². The molecule has 0 aliphatic carbocycles. The fourth-order valence-electron chi connectivity index (χ4n) is 2.87. The number of benzene rings is 2. The molecule has 0 spiro atoms.